The number of nitrogens with one attached hydrogen (secondary N) is 3. The Bertz CT molecular complexity index is 1390. The molecule has 0 bridgehead atoms. The third kappa shape index (κ3) is 7.60. The average Bonchev–Trinajstić information content (AvgIpc) is 2.90. The molecule has 0 unspecified atom stereocenters. The van der Waals surface area contributed by atoms with E-state index in [9.17, 15) is 19.1 Å². The minimum Gasteiger partial charge on any atom is -0.494 e. The maximum absolute atomic E-state index is 14.7. The van der Waals surface area contributed by atoms with Crippen molar-refractivity contribution in [2.75, 3.05) is 24.4 Å². The first kappa shape index (κ1) is 29.7. The Kier molecular flexibility index (Phi) is 9.87. The number of carboxylic acid groups (broad SMARTS) is 1. The molecule has 212 valence electrons. The number of methoxy groups -OCH3 is 1. The molecule has 0 saturated carbocycles. The number of nitrogens with two attached hydrogens (primary N) is 1. The molecule has 0 aliphatic heterocycles. The Hall–Kier alpha value is -4.84. The molecule has 0 fully saturated rings. The van der Waals surface area contributed by atoms with Crippen molar-refractivity contribution < 1.29 is 38.4 Å². The van der Waals surface area contributed by atoms with Crippen LogP contribution in [0.2, 0.25) is 0 Å². The number of carboxylic acids is 1. The topological polar surface area (TPSA) is 176 Å². The SMILES string of the molecule is COc1cc(C(=O)Nc2ccc(C(=N)N)cc2)c(NCc2cc(CO)cc(OC(C)C)c2OCC(=O)O)cc1F. The number of hydrogen-bond acceptors (Lipinski definition) is 8. The van der Waals surface area contributed by atoms with E-state index < -0.39 is 24.3 Å². The van der Waals surface area contributed by atoms with Crippen LogP contribution in [0.1, 0.15) is 40.9 Å². The van der Waals surface area contributed by atoms with Crippen molar-refractivity contribution in [3.8, 4) is 17.2 Å². The molecule has 12 heteroatoms. The third-order valence-corrected chi connectivity index (χ3v) is 5.54. The molecule has 0 atom stereocenters. The number of aliphatic hydroxyl groups excluding tert-OH is 1. The second-order valence-corrected chi connectivity index (χ2v) is 8.92. The van der Waals surface area contributed by atoms with Crippen molar-refractivity contribution in [2.45, 2.75) is 33.1 Å². The number of anilines is 2. The third-order valence-electron chi connectivity index (χ3n) is 5.54. The number of carbonyl (C=O) groups excluding carboxylic acids is 1. The molecule has 0 saturated heterocycles. The summed E-state index contributed by atoms with van der Waals surface area (Å²) in [7, 11) is 1.27. The number of halogens is 1. The van der Waals surface area contributed by atoms with Gasteiger partial charge in [0.1, 0.15) is 5.84 Å². The van der Waals surface area contributed by atoms with Crippen molar-refractivity contribution in [3.05, 3.63) is 76.6 Å². The highest BCUT2D eigenvalue weighted by Gasteiger charge is 2.20. The summed E-state index contributed by atoms with van der Waals surface area (Å²) < 4.78 is 31.1. The summed E-state index contributed by atoms with van der Waals surface area (Å²) in [6, 6.07) is 11.8. The number of aliphatic hydroxyl groups is 1. The molecule has 7 N–H and O–H groups in total. The van der Waals surface area contributed by atoms with E-state index in [0.29, 0.717) is 22.4 Å². The first-order valence-corrected chi connectivity index (χ1v) is 12.2. The van der Waals surface area contributed by atoms with Crippen LogP contribution in [0.4, 0.5) is 15.8 Å². The zero-order valence-corrected chi connectivity index (χ0v) is 22.2. The van der Waals surface area contributed by atoms with Crippen LogP contribution in [0, 0.1) is 11.2 Å². The lowest BCUT2D eigenvalue weighted by atomic mass is 10.1. The Morgan fingerprint density at radius 3 is 2.38 bits per heavy atom. The van der Waals surface area contributed by atoms with Crippen molar-refractivity contribution >= 4 is 29.1 Å². The number of rotatable bonds is 13. The van der Waals surface area contributed by atoms with Crippen LogP contribution in [-0.4, -0.2) is 47.7 Å². The van der Waals surface area contributed by atoms with Gasteiger partial charge in [-0.15, -0.1) is 0 Å². The lowest BCUT2D eigenvalue weighted by Gasteiger charge is -2.20. The molecule has 0 aliphatic rings. The predicted molar refractivity (Wildman–Crippen MR) is 147 cm³/mol. The summed E-state index contributed by atoms with van der Waals surface area (Å²) in [5.41, 5.74) is 7.43. The number of amides is 1. The van der Waals surface area contributed by atoms with Crippen LogP contribution in [0.15, 0.2) is 48.5 Å². The number of carbonyl (C=O) groups is 2. The standard InChI is InChI=1S/C28H31FN4O7/c1-15(2)40-24-9-16(13-34)8-18(26(24)39-14-25(35)36)12-32-22-11-21(29)23(38-3)10-20(22)28(37)33-19-6-4-17(5-7-19)27(30)31/h4-11,15,32,34H,12-14H2,1-3H3,(H3,30,31)(H,33,37)(H,35,36). The van der Waals surface area contributed by atoms with Gasteiger partial charge in [0.05, 0.1) is 31.1 Å². The smallest absolute Gasteiger partial charge is 0.341 e. The zero-order chi connectivity index (χ0) is 29.4. The maximum atomic E-state index is 14.7. The van der Waals surface area contributed by atoms with Crippen LogP contribution in [-0.2, 0) is 17.9 Å². The van der Waals surface area contributed by atoms with E-state index >= 15 is 0 Å². The normalized spacial score (nSPS) is 10.7. The fourth-order valence-corrected chi connectivity index (χ4v) is 3.75. The van der Waals surface area contributed by atoms with E-state index in [2.05, 4.69) is 10.6 Å². The largest absolute Gasteiger partial charge is 0.494 e. The molecular formula is C28H31FN4O7. The van der Waals surface area contributed by atoms with Gasteiger partial charge in [-0.3, -0.25) is 10.2 Å². The van der Waals surface area contributed by atoms with Gasteiger partial charge in [0.25, 0.3) is 5.91 Å². The number of nitrogen functional groups attached to an aromatic ring is 1. The van der Waals surface area contributed by atoms with E-state index in [-0.39, 0.29) is 53.6 Å². The molecule has 3 aromatic rings. The van der Waals surface area contributed by atoms with E-state index in [1.807, 2.05) is 0 Å². The van der Waals surface area contributed by atoms with Gasteiger partial charge in [0.15, 0.2) is 29.7 Å². The number of aliphatic carboxylic acids is 1. The number of amidine groups is 1. The minimum absolute atomic E-state index is 0.0450. The molecule has 0 spiro atoms. The van der Waals surface area contributed by atoms with E-state index in [1.54, 1.807) is 50.2 Å². The number of hydrogen-bond donors (Lipinski definition) is 6. The Morgan fingerprint density at radius 2 is 1.80 bits per heavy atom. The summed E-state index contributed by atoms with van der Waals surface area (Å²) in [6.45, 7) is 2.55. The van der Waals surface area contributed by atoms with Crippen LogP contribution in [0.3, 0.4) is 0 Å². The predicted octanol–water partition coefficient (Wildman–Crippen LogP) is 3.73. The minimum atomic E-state index is -1.20. The molecule has 3 aromatic carbocycles. The first-order valence-electron chi connectivity index (χ1n) is 12.2. The van der Waals surface area contributed by atoms with Gasteiger partial charge < -0.3 is 40.8 Å². The molecule has 3 rings (SSSR count). The van der Waals surface area contributed by atoms with Gasteiger partial charge >= 0.3 is 5.97 Å². The van der Waals surface area contributed by atoms with Gasteiger partial charge in [-0.25, -0.2) is 9.18 Å². The summed E-state index contributed by atoms with van der Waals surface area (Å²) >= 11 is 0. The van der Waals surface area contributed by atoms with Gasteiger partial charge in [0.2, 0.25) is 0 Å². The summed E-state index contributed by atoms with van der Waals surface area (Å²) in [6.07, 6.45) is -0.280. The van der Waals surface area contributed by atoms with Crippen molar-refractivity contribution in [1.29, 1.82) is 5.41 Å². The Labute approximate surface area is 230 Å². The molecule has 0 aliphatic carbocycles. The van der Waals surface area contributed by atoms with Crippen LogP contribution >= 0.6 is 0 Å². The van der Waals surface area contributed by atoms with Gasteiger partial charge in [-0.05, 0) is 61.9 Å². The van der Waals surface area contributed by atoms with Gasteiger partial charge in [-0.2, -0.15) is 0 Å². The van der Waals surface area contributed by atoms with Crippen LogP contribution in [0.5, 0.6) is 17.2 Å². The highest BCUT2D eigenvalue weighted by molar-refractivity contribution is 6.08. The highest BCUT2D eigenvalue weighted by Crippen LogP contribution is 2.35. The molecule has 0 heterocycles. The van der Waals surface area contributed by atoms with Crippen molar-refractivity contribution in [3.63, 3.8) is 0 Å². The summed E-state index contributed by atoms with van der Waals surface area (Å²) in [4.78, 5) is 24.4. The molecule has 1 amide bonds. The number of ether oxygens (including phenoxy) is 3. The summed E-state index contributed by atoms with van der Waals surface area (Å²) in [5, 5.41) is 32.1. The van der Waals surface area contributed by atoms with Crippen molar-refractivity contribution in [2.24, 2.45) is 5.73 Å². The molecule has 0 aromatic heterocycles. The molecular weight excluding hydrogens is 523 g/mol. The first-order chi connectivity index (χ1) is 19.0. The van der Waals surface area contributed by atoms with E-state index in [4.69, 9.17) is 30.5 Å². The maximum Gasteiger partial charge on any atom is 0.341 e. The summed E-state index contributed by atoms with van der Waals surface area (Å²) in [5.74, 6) is -2.41. The second-order valence-electron chi connectivity index (χ2n) is 8.92. The lowest BCUT2D eigenvalue weighted by Crippen LogP contribution is -2.17. The Morgan fingerprint density at radius 1 is 1.10 bits per heavy atom. The Balaban J connectivity index is 1.97. The fraction of sp³-hybridized carbons (Fsp3) is 0.250. The molecule has 40 heavy (non-hydrogen) atoms. The van der Waals surface area contributed by atoms with Crippen LogP contribution < -0.4 is 30.6 Å². The lowest BCUT2D eigenvalue weighted by molar-refractivity contribution is -0.139. The zero-order valence-electron chi connectivity index (χ0n) is 22.2. The van der Waals surface area contributed by atoms with Crippen molar-refractivity contribution in [1.82, 2.24) is 0 Å². The van der Waals surface area contributed by atoms with E-state index in [0.717, 1.165) is 6.07 Å². The van der Waals surface area contributed by atoms with Gasteiger partial charge in [-0.1, -0.05) is 0 Å². The molecule has 11 nitrogen and oxygen atoms in total. The van der Waals surface area contributed by atoms with Crippen LogP contribution in [0.25, 0.3) is 0 Å². The highest BCUT2D eigenvalue weighted by atomic mass is 19.1. The number of benzene rings is 3. The fourth-order valence-electron chi connectivity index (χ4n) is 3.75. The average molecular weight is 555 g/mol. The molecule has 0 radical (unpaired) electrons. The van der Waals surface area contributed by atoms with Gasteiger partial charge in [0, 0.05) is 29.4 Å². The second kappa shape index (κ2) is 13.3. The quantitative estimate of drug-likeness (QED) is 0.136. The van der Waals surface area contributed by atoms with E-state index in [1.165, 1.54) is 13.2 Å². The monoisotopic (exact) mass is 554 g/mol.